The van der Waals surface area contributed by atoms with Crippen molar-refractivity contribution in [3.8, 4) is 5.75 Å². The van der Waals surface area contributed by atoms with Gasteiger partial charge in [-0.1, -0.05) is 0 Å². The van der Waals surface area contributed by atoms with Gasteiger partial charge in [0.25, 0.3) is 0 Å². The average Bonchev–Trinajstić information content (AvgIpc) is 2.60. The molecule has 0 saturated heterocycles. The Morgan fingerprint density at radius 3 is 2.52 bits per heavy atom. The van der Waals surface area contributed by atoms with Crippen LogP contribution < -0.4 is 15.8 Å². The lowest BCUT2D eigenvalue weighted by Crippen LogP contribution is -2.12. The van der Waals surface area contributed by atoms with E-state index < -0.39 is 17.8 Å². The summed E-state index contributed by atoms with van der Waals surface area (Å²) < 4.78 is 44.5. The van der Waals surface area contributed by atoms with E-state index in [1.165, 1.54) is 6.07 Å². The number of rotatable bonds is 4. The minimum Gasteiger partial charge on any atom is -0.497 e. The van der Waals surface area contributed by atoms with Crippen LogP contribution >= 0.6 is 0 Å². The summed E-state index contributed by atoms with van der Waals surface area (Å²) in [5.41, 5.74) is 6.06. The Bertz CT molecular complexity index is 989. The van der Waals surface area contributed by atoms with E-state index in [2.05, 4.69) is 15.3 Å². The van der Waals surface area contributed by atoms with Gasteiger partial charge in [0, 0.05) is 11.1 Å². The Morgan fingerprint density at radius 2 is 1.85 bits per heavy atom. The molecule has 0 aliphatic heterocycles. The van der Waals surface area contributed by atoms with Crippen LogP contribution in [0, 0.1) is 6.92 Å². The zero-order valence-corrected chi connectivity index (χ0v) is 15.1. The van der Waals surface area contributed by atoms with Gasteiger partial charge in [-0.25, -0.2) is 9.97 Å². The number of halogens is 3. The van der Waals surface area contributed by atoms with E-state index in [1.54, 1.807) is 39.2 Å². The van der Waals surface area contributed by atoms with E-state index in [0.29, 0.717) is 33.9 Å². The fraction of sp³-hybridized carbons (Fsp3) is 0.263. The van der Waals surface area contributed by atoms with Gasteiger partial charge in [0.15, 0.2) is 0 Å². The highest BCUT2D eigenvalue weighted by Crippen LogP contribution is 2.34. The van der Waals surface area contributed by atoms with E-state index >= 15 is 0 Å². The molecule has 1 aromatic heterocycles. The second kappa shape index (κ2) is 6.94. The van der Waals surface area contributed by atoms with Gasteiger partial charge in [0.05, 0.1) is 24.2 Å². The van der Waals surface area contributed by atoms with Gasteiger partial charge < -0.3 is 15.8 Å². The van der Waals surface area contributed by atoms with E-state index in [0.717, 1.165) is 12.1 Å². The average molecular weight is 376 g/mol. The third-order valence-electron chi connectivity index (χ3n) is 4.17. The Balaban J connectivity index is 2.01. The molecular weight excluding hydrogens is 357 g/mol. The van der Waals surface area contributed by atoms with Crippen molar-refractivity contribution in [3.63, 3.8) is 0 Å². The number of nitrogens with zero attached hydrogens (tertiary/aromatic N) is 2. The molecule has 1 heterocycles. The number of nitrogens with two attached hydrogens (primary N) is 1. The van der Waals surface area contributed by atoms with Crippen molar-refractivity contribution in [1.29, 1.82) is 0 Å². The highest BCUT2D eigenvalue weighted by molar-refractivity contribution is 5.90. The van der Waals surface area contributed by atoms with Crippen molar-refractivity contribution in [2.75, 3.05) is 18.2 Å². The van der Waals surface area contributed by atoms with E-state index in [-0.39, 0.29) is 5.69 Å². The molecule has 0 unspecified atom stereocenters. The van der Waals surface area contributed by atoms with Crippen LogP contribution in [0.5, 0.6) is 5.75 Å². The van der Waals surface area contributed by atoms with Crippen LogP contribution in [0.3, 0.4) is 0 Å². The monoisotopic (exact) mass is 376 g/mol. The Labute approximate surface area is 154 Å². The molecule has 0 fully saturated rings. The van der Waals surface area contributed by atoms with Gasteiger partial charge in [-0.2, -0.15) is 13.2 Å². The van der Waals surface area contributed by atoms with Crippen molar-refractivity contribution in [1.82, 2.24) is 9.97 Å². The number of benzene rings is 2. The number of hydrogen-bond donors (Lipinski definition) is 2. The molecule has 3 rings (SSSR count). The molecule has 1 atom stereocenters. The summed E-state index contributed by atoms with van der Waals surface area (Å²) in [5.74, 6) is 1.69. The normalized spacial score (nSPS) is 12.8. The molecular formula is C19H19F3N4O. The standard InChI is InChI=1S/C19H19F3N4O/c1-10(12-6-13(19(20,21)22)8-14(23)7-12)24-18-16-9-15(27-3)4-5-17(16)25-11(2)26-18/h4-10H,23H2,1-3H3,(H,24,25,26)/t10-/m1/s1. The number of fused-ring (bicyclic) bond motifs is 1. The van der Waals surface area contributed by atoms with Crippen LogP contribution in [-0.2, 0) is 6.18 Å². The second-order valence-electron chi connectivity index (χ2n) is 6.25. The van der Waals surface area contributed by atoms with Gasteiger partial charge in [-0.15, -0.1) is 0 Å². The third-order valence-corrected chi connectivity index (χ3v) is 4.17. The maximum atomic E-state index is 13.1. The number of alkyl halides is 3. The zero-order chi connectivity index (χ0) is 19.8. The molecule has 0 spiro atoms. The molecule has 0 radical (unpaired) electrons. The summed E-state index contributed by atoms with van der Waals surface area (Å²) in [6.07, 6.45) is -4.46. The molecule has 3 N–H and O–H groups in total. The van der Waals surface area contributed by atoms with Crippen molar-refractivity contribution < 1.29 is 17.9 Å². The van der Waals surface area contributed by atoms with Crippen molar-refractivity contribution in [2.45, 2.75) is 26.1 Å². The number of nitrogens with one attached hydrogen (secondary N) is 1. The largest absolute Gasteiger partial charge is 0.497 e. The first kappa shape index (κ1) is 18.8. The molecule has 8 heteroatoms. The van der Waals surface area contributed by atoms with Crippen molar-refractivity contribution in [2.24, 2.45) is 0 Å². The van der Waals surface area contributed by atoms with E-state index in [4.69, 9.17) is 10.5 Å². The number of methoxy groups -OCH3 is 1. The number of aryl methyl sites for hydroxylation is 1. The lowest BCUT2D eigenvalue weighted by Gasteiger charge is -2.19. The molecule has 0 saturated carbocycles. The van der Waals surface area contributed by atoms with Crippen LogP contribution in [0.25, 0.3) is 10.9 Å². The smallest absolute Gasteiger partial charge is 0.416 e. The molecule has 27 heavy (non-hydrogen) atoms. The van der Waals surface area contributed by atoms with Crippen LogP contribution in [0.15, 0.2) is 36.4 Å². The summed E-state index contributed by atoms with van der Waals surface area (Å²) in [5, 5.41) is 3.88. The van der Waals surface area contributed by atoms with Gasteiger partial charge in [-0.3, -0.25) is 0 Å². The van der Waals surface area contributed by atoms with Crippen molar-refractivity contribution in [3.05, 3.63) is 53.3 Å². The summed E-state index contributed by atoms with van der Waals surface area (Å²) >= 11 is 0. The van der Waals surface area contributed by atoms with E-state index in [9.17, 15) is 13.2 Å². The van der Waals surface area contributed by atoms with Crippen LogP contribution in [0.4, 0.5) is 24.7 Å². The Morgan fingerprint density at radius 1 is 1.11 bits per heavy atom. The lowest BCUT2D eigenvalue weighted by atomic mass is 10.0. The molecule has 0 aliphatic rings. The topological polar surface area (TPSA) is 73.1 Å². The molecule has 0 bridgehead atoms. The molecule has 142 valence electrons. The predicted octanol–water partition coefficient (Wildman–Crippen LogP) is 4.72. The minimum atomic E-state index is -4.46. The quantitative estimate of drug-likeness (QED) is 0.645. The first-order chi connectivity index (χ1) is 12.7. The lowest BCUT2D eigenvalue weighted by molar-refractivity contribution is -0.137. The van der Waals surface area contributed by atoms with Crippen LogP contribution in [0.2, 0.25) is 0 Å². The van der Waals surface area contributed by atoms with Gasteiger partial charge in [0.1, 0.15) is 17.4 Å². The van der Waals surface area contributed by atoms with Crippen LogP contribution in [0.1, 0.15) is 29.9 Å². The number of aromatic nitrogens is 2. The molecule has 3 aromatic rings. The van der Waals surface area contributed by atoms with Gasteiger partial charge >= 0.3 is 6.18 Å². The maximum Gasteiger partial charge on any atom is 0.416 e. The third kappa shape index (κ3) is 4.05. The van der Waals surface area contributed by atoms with Gasteiger partial charge in [0.2, 0.25) is 0 Å². The molecule has 2 aromatic carbocycles. The SMILES string of the molecule is COc1ccc2nc(C)nc(N[C@H](C)c3cc(N)cc(C(F)(F)F)c3)c2c1. The maximum absolute atomic E-state index is 13.1. The fourth-order valence-corrected chi connectivity index (χ4v) is 2.84. The summed E-state index contributed by atoms with van der Waals surface area (Å²) in [7, 11) is 1.55. The number of hydrogen-bond acceptors (Lipinski definition) is 5. The molecule has 0 aliphatic carbocycles. The summed E-state index contributed by atoms with van der Waals surface area (Å²) in [6.45, 7) is 3.50. The second-order valence-corrected chi connectivity index (χ2v) is 6.25. The number of anilines is 2. The number of nitrogen functional groups attached to an aromatic ring is 1. The Hall–Kier alpha value is -3.03. The summed E-state index contributed by atoms with van der Waals surface area (Å²) in [4.78, 5) is 8.78. The first-order valence-corrected chi connectivity index (χ1v) is 8.24. The van der Waals surface area contributed by atoms with Crippen molar-refractivity contribution >= 4 is 22.4 Å². The number of ether oxygens (including phenoxy) is 1. The Kier molecular flexibility index (Phi) is 4.82. The van der Waals surface area contributed by atoms with E-state index in [1.807, 2.05) is 0 Å². The fourth-order valence-electron chi connectivity index (χ4n) is 2.84. The predicted molar refractivity (Wildman–Crippen MR) is 98.7 cm³/mol. The highest BCUT2D eigenvalue weighted by Gasteiger charge is 2.31. The molecule has 0 amide bonds. The zero-order valence-electron chi connectivity index (χ0n) is 15.1. The first-order valence-electron chi connectivity index (χ1n) is 8.24. The minimum absolute atomic E-state index is 0.0545. The molecule has 5 nitrogen and oxygen atoms in total. The summed E-state index contributed by atoms with van der Waals surface area (Å²) in [6, 6.07) is 8.44. The van der Waals surface area contributed by atoms with Crippen LogP contribution in [-0.4, -0.2) is 17.1 Å². The highest BCUT2D eigenvalue weighted by atomic mass is 19.4. The van der Waals surface area contributed by atoms with Gasteiger partial charge in [-0.05, 0) is 55.8 Å².